The quantitative estimate of drug-likeness (QED) is 0.662. The number of nitrogens with one attached hydrogen (secondary N) is 1. The zero-order chi connectivity index (χ0) is 14.7. The van der Waals surface area contributed by atoms with E-state index in [2.05, 4.69) is 22.3 Å². The normalized spacial score (nSPS) is 13.0. The highest BCUT2D eigenvalue weighted by Gasteiger charge is 2.14. The summed E-state index contributed by atoms with van der Waals surface area (Å²) in [5, 5.41) is 0. The van der Waals surface area contributed by atoms with Gasteiger partial charge in [0.1, 0.15) is 19.0 Å². The van der Waals surface area contributed by atoms with Crippen molar-refractivity contribution in [2.45, 2.75) is 19.8 Å². The smallest absolute Gasteiger partial charge is 0.162 e. The van der Waals surface area contributed by atoms with Gasteiger partial charge in [-0.15, -0.1) is 0 Å². The highest BCUT2D eigenvalue weighted by molar-refractivity contribution is 5.62. The number of fused-ring (bicyclic) bond motifs is 1. The average molecular weight is 286 g/mol. The molecule has 0 atom stereocenters. The third kappa shape index (κ3) is 2.90. The number of nitrogens with two attached hydrogens (primary N) is 1. The largest absolute Gasteiger partial charge is 0.486 e. The van der Waals surface area contributed by atoms with E-state index in [1.807, 2.05) is 24.3 Å². The van der Waals surface area contributed by atoms with Crippen molar-refractivity contribution in [3.8, 4) is 22.9 Å². The average Bonchev–Trinajstić information content (AvgIpc) is 2.54. The molecular formula is C15H18N4O2. The van der Waals surface area contributed by atoms with Crippen molar-refractivity contribution in [3.63, 3.8) is 0 Å². The molecular weight excluding hydrogens is 268 g/mol. The van der Waals surface area contributed by atoms with Gasteiger partial charge in [-0.3, -0.25) is 0 Å². The Bertz CT molecular complexity index is 646. The maximum absolute atomic E-state index is 5.60. The Morgan fingerprint density at radius 3 is 2.71 bits per heavy atom. The van der Waals surface area contributed by atoms with Gasteiger partial charge in [-0.05, 0) is 24.6 Å². The van der Waals surface area contributed by atoms with E-state index in [0.717, 1.165) is 35.6 Å². The van der Waals surface area contributed by atoms with Crippen LogP contribution in [0, 0.1) is 0 Å². The molecule has 0 fully saturated rings. The van der Waals surface area contributed by atoms with Gasteiger partial charge in [-0.1, -0.05) is 13.3 Å². The minimum Gasteiger partial charge on any atom is -0.486 e. The molecule has 1 aromatic heterocycles. The number of hydrazine groups is 1. The molecule has 110 valence electrons. The fourth-order valence-electron chi connectivity index (χ4n) is 2.27. The van der Waals surface area contributed by atoms with Crippen LogP contribution in [0.2, 0.25) is 0 Å². The molecule has 3 N–H and O–H groups in total. The Labute approximate surface area is 123 Å². The molecule has 0 saturated carbocycles. The summed E-state index contributed by atoms with van der Waals surface area (Å²) in [4.78, 5) is 9.00. The van der Waals surface area contributed by atoms with Gasteiger partial charge in [-0.2, -0.15) is 0 Å². The van der Waals surface area contributed by atoms with Crippen LogP contribution in [0.25, 0.3) is 11.4 Å². The minimum atomic E-state index is 0.558. The van der Waals surface area contributed by atoms with E-state index in [0.29, 0.717) is 24.9 Å². The molecule has 0 unspecified atom stereocenters. The topological polar surface area (TPSA) is 82.3 Å². The number of aromatic nitrogens is 2. The van der Waals surface area contributed by atoms with Gasteiger partial charge in [0.15, 0.2) is 17.3 Å². The van der Waals surface area contributed by atoms with Crippen LogP contribution in [0.4, 0.5) is 5.82 Å². The number of aryl methyl sites for hydroxylation is 1. The van der Waals surface area contributed by atoms with Crippen LogP contribution in [0.5, 0.6) is 11.5 Å². The summed E-state index contributed by atoms with van der Waals surface area (Å²) in [5.41, 5.74) is 4.44. The first kappa shape index (κ1) is 13.6. The van der Waals surface area contributed by atoms with Gasteiger partial charge in [0, 0.05) is 17.3 Å². The van der Waals surface area contributed by atoms with E-state index in [-0.39, 0.29) is 0 Å². The number of anilines is 1. The summed E-state index contributed by atoms with van der Waals surface area (Å²) in [5.74, 6) is 8.21. The summed E-state index contributed by atoms with van der Waals surface area (Å²) in [6.07, 6.45) is 1.90. The number of rotatable bonds is 4. The van der Waals surface area contributed by atoms with Gasteiger partial charge < -0.3 is 14.9 Å². The Kier molecular flexibility index (Phi) is 3.87. The van der Waals surface area contributed by atoms with E-state index < -0.39 is 0 Å². The van der Waals surface area contributed by atoms with Crippen LogP contribution in [-0.4, -0.2) is 23.2 Å². The fourth-order valence-corrected chi connectivity index (χ4v) is 2.27. The summed E-state index contributed by atoms with van der Waals surface area (Å²) in [6, 6.07) is 7.58. The van der Waals surface area contributed by atoms with E-state index in [9.17, 15) is 0 Å². The fraction of sp³-hybridized carbons (Fsp3) is 0.333. The Hall–Kier alpha value is -2.34. The predicted octanol–water partition coefficient (Wildman–Crippen LogP) is 2.15. The van der Waals surface area contributed by atoms with Crippen LogP contribution in [0.3, 0.4) is 0 Å². The minimum absolute atomic E-state index is 0.558. The van der Waals surface area contributed by atoms with Crippen molar-refractivity contribution in [2.24, 2.45) is 5.84 Å². The van der Waals surface area contributed by atoms with Crippen molar-refractivity contribution in [1.29, 1.82) is 0 Å². The highest BCUT2D eigenvalue weighted by Crippen LogP contribution is 2.33. The van der Waals surface area contributed by atoms with Gasteiger partial charge >= 0.3 is 0 Å². The molecule has 0 aliphatic carbocycles. The Morgan fingerprint density at radius 2 is 1.95 bits per heavy atom. The maximum Gasteiger partial charge on any atom is 0.162 e. The van der Waals surface area contributed by atoms with Crippen molar-refractivity contribution in [2.75, 3.05) is 18.6 Å². The lowest BCUT2D eigenvalue weighted by Crippen LogP contribution is -2.15. The van der Waals surface area contributed by atoms with Crippen molar-refractivity contribution in [1.82, 2.24) is 9.97 Å². The molecule has 21 heavy (non-hydrogen) atoms. The Morgan fingerprint density at radius 1 is 1.14 bits per heavy atom. The monoisotopic (exact) mass is 286 g/mol. The van der Waals surface area contributed by atoms with Crippen LogP contribution < -0.4 is 20.7 Å². The van der Waals surface area contributed by atoms with Crippen molar-refractivity contribution >= 4 is 5.82 Å². The molecule has 1 aromatic carbocycles. The van der Waals surface area contributed by atoms with Gasteiger partial charge in [-0.25, -0.2) is 15.8 Å². The molecule has 6 heteroatoms. The summed E-state index contributed by atoms with van der Waals surface area (Å²) in [6.45, 7) is 3.25. The molecule has 0 amide bonds. The summed E-state index contributed by atoms with van der Waals surface area (Å²) < 4.78 is 11.1. The molecule has 0 radical (unpaired) electrons. The standard InChI is InChI=1S/C15H18N4O2/c1-2-3-11-9-14(19-16)18-15(17-11)10-4-5-12-13(8-10)21-7-6-20-12/h4-5,8-9H,2-3,6-7,16H2,1H3,(H,17,18,19). The lowest BCUT2D eigenvalue weighted by molar-refractivity contribution is 0.171. The molecule has 0 saturated heterocycles. The van der Waals surface area contributed by atoms with Crippen LogP contribution in [-0.2, 0) is 6.42 Å². The summed E-state index contributed by atoms with van der Waals surface area (Å²) in [7, 11) is 0. The lowest BCUT2D eigenvalue weighted by Gasteiger charge is -2.18. The zero-order valence-corrected chi connectivity index (χ0v) is 11.9. The van der Waals surface area contributed by atoms with Crippen molar-refractivity contribution in [3.05, 3.63) is 30.0 Å². The third-order valence-corrected chi connectivity index (χ3v) is 3.23. The SMILES string of the molecule is CCCc1cc(NN)nc(-c2ccc3c(c2)OCCO3)n1. The molecule has 1 aliphatic rings. The van der Waals surface area contributed by atoms with Crippen LogP contribution >= 0.6 is 0 Å². The highest BCUT2D eigenvalue weighted by atomic mass is 16.6. The second-order valence-corrected chi connectivity index (χ2v) is 4.82. The van der Waals surface area contributed by atoms with E-state index >= 15 is 0 Å². The second-order valence-electron chi connectivity index (χ2n) is 4.82. The number of benzene rings is 1. The van der Waals surface area contributed by atoms with Crippen LogP contribution in [0.1, 0.15) is 19.0 Å². The number of nitrogen functional groups attached to an aromatic ring is 1. The Balaban J connectivity index is 2.00. The van der Waals surface area contributed by atoms with Gasteiger partial charge in [0.05, 0.1) is 0 Å². The maximum atomic E-state index is 5.60. The van der Waals surface area contributed by atoms with E-state index in [4.69, 9.17) is 15.3 Å². The first-order valence-electron chi connectivity index (χ1n) is 7.04. The van der Waals surface area contributed by atoms with Crippen molar-refractivity contribution < 1.29 is 9.47 Å². The number of nitrogens with zero attached hydrogens (tertiary/aromatic N) is 2. The third-order valence-electron chi connectivity index (χ3n) is 3.23. The molecule has 1 aliphatic heterocycles. The zero-order valence-electron chi connectivity index (χ0n) is 11.9. The van der Waals surface area contributed by atoms with E-state index in [1.54, 1.807) is 0 Å². The van der Waals surface area contributed by atoms with E-state index in [1.165, 1.54) is 0 Å². The molecule has 3 rings (SSSR count). The molecule has 6 nitrogen and oxygen atoms in total. The number of hydrogen-bond acceptors (Lipinski definition) is 6. The van der Waals surface area contributed by atoms with Gasteiger partial charge in [0.25, 0.3) is 0 Å². The predicted molar refractivity (Wildman–Crippen MR) is 80.3 cm³/mol. The second kappa shape index (κ2) is 5.97. The number of hydrogen-bond donors (Lipinski definition) is 2. The van der Waals surface area contributed by atoms with Gasteiger partial charge in [0.2, 0.25) is 0 Å². The molecule has 2 aromatic rings. The summed E-state index contributed by atoms with van der Waals surface area (Å²) >= 11 is 0. The molecule has 0 bridgehead atoms. The first-order valence-corrected chi connectivity index (χ1v) is 7.04. The first-order chi connectivity index (χ1) is 10.3. The van der Waals surface area contributed by atoms with Crippen LogP contribution in [0.15, 0.2) is 24.3 Å². The molecule has 0 spiro atoms. The number of ether oxygens (including phenoxy) is 2. The lowest BCUT2D eigenvalue weighted by atomic mass is 10.1. The molecule has 2 heterocycles.